The normalized spacial score (nSPS) is 14.6. The van der Waals surface area contributed by atoms with Crippen LogP contribution in [0.4, 0.5) is 5.69 Å². The highest BCUT2D eigenvalue weighted by Crippen LogP contribution is 2.34. The molecule has 3 heteroatoms. The molecule has 0 fully saturated rings. The fourth-order valence-corrected chi connectivity index (χ4v) is 1.74. The molecule has 1 aromatic carbocycles. The van der Waals surface area contributed by atoms with E-state index in [4.69, 9.17) is 5.73 Å². The molecule has 1 aliphatic heterocycles. The molecule has 0 aliphatic carbocycles. The van der Waals surface area contributed by atoms with Crippen molar-refractivity contribution in [2.45, 2.75) is 6.92 Å². The van der Waals surface area contributed by atoms with Crippen molar-refractivity contribution in [3.8, 4) is 0 Å². The van der Waals surface area contributed by atoms with Crippen LogP contribution in [0.15, 0.2) is 42.1 Å². The van der Waals surface area contributed by atoms with E-state index in [1.165, 1.54) is 0 Å². The van der Waals surface area contributed by atoms with Gasteiger partial charge in [-0.3, -0.25) is 4.79 Å². The number of hydrogen-bond acceptors (Lipinski definition) is 2. The average molecular weight is 200 g/mol. The zero-order valence-corrected chi connectivity index (χ0v) is 8.50. The van der Waals surface area contributed by atoms with Crippen molar-refractivity contribution in [1.29, 1.82) is 0 Å². The Morgan fingerprint density at radius 1 is 1.40 bits per heavy atom. The molecule has 3 nitrogen and oxygen atoms in total. The number of anilines is 1. The first kappa shape index (κ1) is 9.52. The monoisotopic (exact) mass is 200 g/mol. The number of rotatable bonds is 1. The number of para-hydroxylation sites is 1. The van der Waals surface area contributed by atoms with Crippen molar-refractivity contribution >= 4 is 17.2 Å². The SMILES string of the molecule is C=C1Nc2ccccc2C(C(N)=O)=C1C. The molecule has 0 unspecified atom stereocenters. The first-order valence-corrected chi connectivity index (χ1v) is 4.67. The Kier molecular flexibility index (Phi) is 2.08. The average Bonchev–Trinajstić information content (AvgIpc) is 2.19. The summed E-state index contributed by atoms with van der Waals surface area (Å²) in [6.07, 6.45) is 0. The first-order chi connectivity index (χ1) is 7.11. The topological polar surface area (TPSA) is 55.1 Å². The Labute approximate surface area is 88.3 Å². The second-order valence-electron chi connectivity index (χ2n) is 3.51. The van der Waals surface area contributed by atoms with Gasteiger partial charge in [-0.25, -0.2) is 0 Å². The van der Waals surface area contributed by atoms with Gasteiger partial charge in [0.25, 0.3) is 0 Å². The number of carbonyl (C=O) groups excluding carboxylic acids is 1. The van der Waals surface area contributed by atoms with E-state index in [2.05, 4.69) is 11.9 Å². The van der Waals surface area contributed by atoms with Crippen molar-refractivity contribution in [3.05, 3.63) is 47.7 Å². The van der Waals surface area contributed by atoms with Crippen LogP contribution in [0.2, 0.25) is 0 Å². The standard InChI is InChI=1S/C12H12N2O/c1-7-8(2)14-10-6-4-3-5-9(10)11(7)12(13)15/h3-6,14H,2H2,1H3,(H2,13,15). The smallest absolute Gasteiger partial charge is 0.249 e. The van der Waals surface area contributed by atoms with Gasteiger partial charge in [0.2, 0.25) is 5.91 Å². The maximum Gasteiger partial charge on any atom is 0.249 e. The van der Waals surface area contributed by atoms with Crippen LogP contribution in [-0.4, -0.2) is 5.91 Å². The summed E-state index contributed by atoms with van der Waals surface area (Å²) in [7, 11) is 0. The summed E-state index contributed by atoms with van der Waals surface area (Å²) in [5, 5.41) is 3.13. The number of fused-ring (bicyclic) bond motifs is 1. The van der Waals surface area contributed by atoms with Gasteiger partial charge in [0.05, 0.1) is 5.57 Å². The Balaban J connectivity index is 2.71. The second kappa shape index (κ2) is 3.28. The summed E-state index contributed by atoms with van der Waals surface area (Å²) < 4.78 is 0. The van der Waals surface area contributed by atoms with Crippen molar-refractivity contribution in [2.75, 3.05) is 5.32 Å². The number of carbonyl (C=O) groups is 1. The molecule has 1 heterocycles. The van der Waals surface area contributed by atoms with Gasteiger partial charge in [-0.15, -0.1) is 0 Å². The summed E-state index contributed by atoms with van der Waals surface area (Å²) >= 11 is 0. The van der Waals surface area contributed by atoms with Crippen LogP contribution >= 0.6 is 0 Å². The van der Waals surface area contributed by atoms with Gasteiger partial charge < -0.3 is 11.1 Å². The molecule has 0 atom stereocenters. The third kappa shape index (κ3) is 1.42. The van der Waals surface area contributed by atoms with Crippen LogP contribution < -0.4 is 11.1 Å². The molecule has 15 heavy (non-hydrogen) atoms. The summed E-state index contributed by atoms with van der Waals surface area (Å²) in [6, 6.07) is 7.55. The van der Waals surface area contributed by atoms with Crippen LogP contribution in [-0.2, 0) is 4.79 Å². The van der Waals surface area contributed by atoms with Gasteiger partial charge in [0.1, 0.15) is 0 Å². The molecule has 0 bridgehead atoms. The maximum atomic E-state index is 11.4. The highest BCUT2D eigenvalue weighted by molar-refractivity contribution is 6.22. The fraction of sp³-hybridized carbons (Fsp3) is 0.0833. The van der Waals surface area contributed by atoms with Gasteiger partial charge >= 0.3 is 0 Å². The van der Waals surface area contributed by atoms with Crippen LogP contribution in [0, 0.1) is 0 Å². The molecule has 76 valence electrons. The van der Waals surface area contributed by atoms with Gasteiger partial charge in [-0.1, -0.05) is 24.8 Å². The molecule has 0 radical (unpaired) electrons. The van der Waals surface area contributed by atoms with E-state index in [1.807, 2.05) is 31.2 Å². The molecule has 0 spiro atoms. The van der Waals surface area contributed by atoms with Crippen molar-refractivity contribution in [2.24, 2.45) is 5.73 Å². The number of primary amides is 1. The van der Waals surface area contributed by atoms with E-state index in [9.17, 15) is 4.79 Å². The predicted molar refractivity (Wildman–Crippen MR) is 61.0 cm³/mol. The Bertz CT molecular complexity index is 486. The number of benzene rings is 1. The Morgan fingerprint density at radius 3 is 2.73 bits per heavy atom. The molecule has 0 saturated carbocycles. The minimum absolute atomic E-state index is 0.414. The number of allylic oxidation sites excluding steroid dienone is 1. The third-order valence-electron chi connectivity index (χ3n) is 2.56. The van der Waals surface area contributed by atoms with E-state index in [0.29, 0.717) is 5.57 Å². The van der Waals surface area contributed by atoms with E-state index in [0.717, 1.165) is 22.5 Å². The first-order valence-electron chi connectivity index (χ1n) is 4.67. The molecule has 0 aromatic heterocycles. The third-order valence-corrected chi connectivity index (χ3v) is 2.56. The Hall–Kier alpha value is -2.03. The van der Waals surface area contributed by atoms with Gasteiger partial charge in [0, 0.05) is 16.9 Å². The lowest BCUT2D eigenvalue weighted by atomic mass is 9.93. The van der Waals surface area contributed by atoms with Gasteiger partial charge in [0.15, 0.2) is 0 Å². The van der Waals surface area contributed by atoms with Crippen molar-refractivity contribution in [1.82, 2.24) is 0 Å². The largest absolute Gasteiger partial charge is 0.366 e. The summed E-state index contributed by atoms with van der Waals surface area (Å²) in [5.41, 5.74) is 9.17. The molecule has 1 amide bonds. The number of nitrogens with one attached hydrogen (secondary N) is 1. The molecule has 3 N–H and O–H groups in total. The minimum atomic E-state index is -0.414. The summed E-state index contributed by atoms with van der Waals surface area (Å²) in [6.45, 7) is 5.69. The predicted octanol–water partition coefficient (Wildman–Crippen LogP) is 1.88. The molecule has 1 aliphatic rings. The van der Waals surface area contributed by atoms with E-state index in [1.54, 1.807) is 0 Å². The minimum Gasteiger partial charge on any atom is -0.366 e. The zero-order valence-electron chi connectivity index (χ0n) is 8.50. The lowest BCUT2D eigenvalue weighted by Gasteiger charge is -2.22. The molecular weight excluding hydrogens is 188 g/mol. The maximum absolute atomic E-state index is 11.4. The van der Waals surface area contributed by atoms with E-state index >= 15 is 0 Å². The van der Waals surface area contributed by atoms with Crippen LogP contribution in [0.25, 0.3) is 5.57 Å². The van der Waals surface area contributed by atoms with E-state index < -0.39 is 5.91 Å². The number of nitrogens with two attached hydrogens (primary N) is 1. The zero-order chi connectivity index (χ0) is 11.0. The summed E-state index contributed by atoms with van der Waals surface area (Å²) in [5.74, 6) is -0.414. The summed E-state index contributed by atoms with van der Waals surface area (Å²) in [4.78, 5) is 11.4. The van der Waals surface area contributed by atoms with E-state index in [-0.39, 0.29) is 0 Å². The van der Waals surface area contributed by atoms with Crippen LogP contribution in [0.3, 0.4) is 0 Å². The fourth-order valence-electron chi connectivity index (χ4n) is 1.74. The number of hydrogen-bond donors (Lipinski definition) is 2. The van der Waals surface area contributed by atoms with Crippen LogP contribution in [0.1, 0.15) is 12.5 Å². The second-order valence-corrected chi connectivity index (χ2v) is 3.51. The van der Waals surface area contributed by atoms with Gasteiger partial charge in [-0.2, -0.15) is 0 Å². The quantitative estimate of drug-likeness (QED) is 0.727. The van der Waals surface area contributed by atoms with Gasteiger partial charge in [-0.05, 0) is 18.6 Å². The lowest BCUT2D eigenvalue weighted by molar-refractivity contribution is -0.112. The molecular formula is C12H12N2O. The highest BCUT2D eigenvalue weighted by Gasteiger charge is 2.21. The van der Waals surface area contributed by atoms with Crippen molar-refractivity contribution < 1.29 is 4.79 Å². The Morgan fingerprint density at radius 2 is 2.07 bits per heavy atom. The lowest BCUT2D eigenvalue weighted by Crippen LogP contribution is -2.20. The van der Waals surface area contributed by atoms with Crippen molar-refractivity contribution in [3.63, 3.8) is 0 Å². The number of amides is 1. The molecule has 0 saturated heterocycles. The van der Waals surface area contributed by atoms with Crippen LogP contribution in [0.5, 0.6) is 0 Å². The highest BCUT2D eigenvalue weighted by atomic mass is 16.1. The molecule has 2 rings (SSSR count). The molecule has 1 aromatic rings.